The number of allylic oxidation sites excluding steroid dienone is 1. The van der Waals surface area contributed by atoms with Crippen LogP contribution in [-0.2, 0) is 24.3 Å². The third-order valence-corrected chi connectivity index (χ3v) is 7.68. The number of hydrogen-bond donors (Lipinski definition) is 0. The third-order valence-electron chi connectivity index (χ3n) is 6.62. The van der Waals surface area contributed by atoms with E-state index in [1.54, 1.807) is 27.3 Å². The molecule has 182 valence electrons. The molecule has 0 N–H and O–H groups in total. The number of amides is 1. The predicted octanol–water partition coefficient (Wildman–Crippen LogP) is 3.79. The Kier molecular flexibility index (Phi) is 8.51. The van der Waals surface area contributed by atoms with Crippen molar-refractivity contribution < 1.29 is 9.53 Å². The molecular formula is C27H35N3O3S. The van der Waals surface area contributed by atoms with Crippen LogP contribution in [0.25, 0.3) is 0 Å². The minimum absolute atomic E-state index is 0.0255. The molecule has 1 unspecified atom stereocenters. The molecule has 6 nitrogen and oxygen atoms in total. The van der Waals surface area contributed by atoms with Gasteiger partial charge in [-0.15, -0.1) is 11.8 Å². The van der Waals surface area contributed by atoms with Crippen molar-refractivity contribution in [2.75, 3.05) is 33.8 Å². The van der Waals surface area contributed by atoms with Crippen LogP contribution in [0.3, 0.4) is 0 Å². The van der Waals surface area contributed by atoms with Crippen LogP contribution in [0.1, 0.15) is 30.4 Å². The van der Waals surface area contributed by atoms with E-state index in [4.69, 9.17) is 4.74 Å². The van der Waals surface area contributed by atoms with E-state index in [1.165, 1.54) is 11.1 Å². The zero-order chi connectivity index (χ0) is 23.9. The minimum Gasteiger partial charge on any atom is -0.492 e. The molecule has 1 atom stereocenters. The summed E-state index contributed by atoms with van der Waals surface area (Å²) in [5, 5.41) is 2.56. The zero-order valence-electron chi connectivity index (χ0n) is 20.2. The van der Waals surface area contributed by atoms with Crippen LogP contribution in [0.15, 0.2) is 58.9 Å². The summed E-state index contributed by atoms with van der Waals surface area (Å²) in [6, 6.07) is 12.2. The van der Waals surface area contributed by atoms with Crippen LogP contribution in [0, 0.1) is 5.92 Å². The SMILES string of the molecule is CN(C)C(=O)C1CCN(Cc2ccc(CCn3ccc(OCC4CC=CS4)cc3=O)cc2)CC1. The predicted molar refractivity (Wildman–Crippen MR) is 138 cm³/mol. The van der Waals surface area contributed by atoms with Gasteiger partial charge in [0.2, 0.25) is 5.91 Å². The molecule has 0 bridgehead atoms. The van der Waals surface area contributed by atoms with Crippen LogP contribution in [0.5, 0.6) is 5.75 Å². The molecule has 0 saturated carbocycles. The van der Waals surface area contributed by atoms with Crippen LogP contribution >= 0.6 is 11.8 Å². The topological polar surface area (TPSA) is 54.8 Å². The summed E-state index contributed by atoms with van der Waals surface area (Å²) >= 11 is 1.78. The average molecular weight is 482 g/mol. The second-order valence-corrected chi connectivity index (χ2v) is 10.6. The Bertz CT molecular complexity index is 1030. The Labute approximate surface area is 206 Å². The molecule has 1 aromatic heterocycles. The van der Waals surface area contributed by atoms with Crippen LogP contribution in [-0.4, -0.2) is 59.3 Å². The van der Waals surface area contributed by atoms with Gasteiger partial charge in [-0.2, -0.15) is 0 Å². The Balaban J connectivity index is 1.22. The maximum absolute atomic E-state index is 12.5. The lowest BCUT2D eigenvalue weighted by molar-refractivity contribution is -0.134. The fourth-order valence-corrected chi connectivity index (χ4v) is 5.33. The van der Waals surface area contributed by atoms with Gasteiger partial charge in [0.15, 0.2) is 0 Å². The van der Waals surface area contributed by atoms with Gasteiger partial charge in [-0.05, 0) is 61.4 Å². The number of hydrogen-bond acceptors (Lipinski definition) is 5. The number of piperidine rings is 1. The van der Waals surface area contributed by atoms with E-state index in [9.17, 15) is 9.59 Å². The molecular weight excluding hydrogens is 446 g/mol. The Morgan fingerprint density at radius 2 is 1.85 bits per heavy atom. The highest BCUT2D eigenvalue weighted by molar-refractivity contribution is 8.03. The number of aromatic nitrogens is 1. The quantitative estimate of drug-likeness (QED) is 0.546. The second kappa shape index (κ2) is 11.8. The van der Waals surface area contributed by atoms with E-state index >= 15 is 0 Å². The molecule has 3 heterocycles. The maximum Gasteiger partial charge on any atom is 0.254 e. The van der Waals surface area contributed by atoms with Crippen molar-refractivity contribution in [3.05, 3.63) is 75.6 Å². The van der Waals surface area contributed by atoms with Crippen molar-refractivity contribution in [2.24, 2.45) is 5.92 Å². The number of ether oxygens (including phenoxy) is 1. The summed E-state index contributed by atoms with van der Waals surface area (Å²) in [6.45, 7) is 4.11. The Hall–Kier alpha value is -2.51. The van der Waals surface area contributed by atoms with E-state index in [2.05, 4.69) is 40.6 Å². The van der Waals surface area contributed by atoms with E-state index < -0.39 is 0 Å². The summed E-state index contributed by atoms with van der Waals surface area (Å²) < 4.78 is 7.54. The molecule has 0 spiro atoms. The van der Waals surface area contributed by atoms with Crippen LogP contribution in [0.2, 0.25) is 0 Å². The molecule has 2 aliphatic heterocycles. The van der Waals surface area contributed by atoms with Gasteiger partial charge >= 0.3 is 0 Å². The molecule has 1 aromatic carbocycles. The number of rotatable bonds is 9. The maximum atomic E-state index is 12.5. The fourth-order valence-electron chi connectivity index (χ4n) is 4.51. The molecule has 2 aromatic rings. The van der Waals surface area contributed by atoms with Gasteiger partial charge in [0.1, 0.15) is 12.4 Å². The standard InChI is InChI=1S/C27H35N3O3S/c1-28(2)27(32)23-10-13-29(14-11-23)19-22-7-5-21(6-8-22)9-15-30-16-12-24(18-26(30)31)33-20-25-4-3-17-34-25/h3,5-8,12,16-18,23,25H,4,9-11,13-15,19-20H2,1-2H3. The summed E-state index contributed by atoms with van der Waals surface area (Å²) in [5.41, 5.74) is 2.48. The van der Waals surface area contributed by atoms with Crippen molar-refractivity contribution in [1.29, 1.82) is 0 Å². The molecule has 1 saturated heterocycles. The molecule has 1 amide bonds. The van der Waals surface area contributed by atoms with Crippen molar-refractivity contribution in [1.82, 2.24) is 14.4 Å². The average Bonchev–Trinajstić information content (AvgIpc) is 3.37. The lowest BCUT2D eigenvalue weighted by Crippen LogP contribution is -2.39. The lowest BCUT2D eigenvalue weighted by Gasteiger charge is -2.32. The second-order valence-electron chi connectivity index (χ2n) is 9.42. The summed E-state index contributed by atoms with van der Waals surface area (Å²) in [6.07, 6.45) is 7.69. The highest BCUT2D eigenvalue weighted by Crippen LogP contribution is 2.24. The van der Waals surface area contributed by atoms with E-state index in [-0.39, 0.29) is 17.4 Å². The highest BCUT2D eigenvalue weighted by atomic mass is 32.2. The Morgan fingerprint density at radius 3 is 2.50 bits per heavy atom. The molecule has 0 aliphatic carbocycles. The first-order valence-corrected chi connectivity index (χ1v) is 13.1. The number of pyridine rings is 1. The van der Waals surface area contributed by atoms with Crippen molar-refractivity contribution in [3.63, 3.8) is 0 Å². The number of aryl methyl sites for hydroxylation is 2. The molecule has 1 fully saturated rings. The van der Waals surface area contributed by atoms with Crippen LogP contribution < -0.4 is 10.3 Å². The first-order valence-electron chi connectivity index (χ1n) is 12.1. The van der Waals surface area contributed by atoms with Gasteiger partial charge in [0.05, 0.1) is 0 Å². The Morgan fingerprint density at radius 1 is 1.12 bits per heavy atom. The third kappa shape index (κ3) is 6.76. The minimum atomic E-state index is -0.0255. The van der Waals surface area contributed by atoms with Crippen molar-refractivity contribution in [3.8, 4) is 5.75 Å². The van der Waals surface area contributed by atoms with Crippen molar-refractivity contribution >= 4 is 17.7 Å². The smallest absolute Gasteiger partial charge is 0.254 e. The fraction of sp³-hybridized carbons (Fsp3) is 0.481. The molecule has 2 aliphatic rings. The van der Waals surface area contributed by atoms with E-state index in [1.807, 2.05) is 26.4 Å². The summed E-state index contributed by atoms with van der Waals surface area (Å²) in [4.78, 5) is 28.8. The van der Waals surface area contributed by atoms with Gasteiger partial charge in [-0.1, -0.05) is 30.3 Å². The van der Waals surface area contributed by atoms with Gasteiger partial charge in [0.25, 0.3) is 5.56 Å². The molecule has 7 heteroatoms. The van der Waals surface area contributed by atoms with Crippen molar-refractivity contribution in [2.45, 2.75) is 44.0 Å². The molecule has 0 radical (unpaired) electrons. The monoisotopic (exact) mass is 481 g/mol. The number of benzene rings is 1. The molecule has 4 rings (SSSR count). The lowest BCUT2D eigenvalue weighted by atomic mass is 9.95. The number of thioether (sulfide) groups is 1. The first kappa shape index (κ1) is 24.6. The van der Waals surface area contributed by atoms with E-state index in [0.29, 0.717) is 24.2 Å². The number of likely N-dealkylation sites (tertiary alicyclic amines) is 1. The summed E-state index contributed by atoms with van der Waals surface area (Å²) in [5.74, 6) is 1.07. The van der Waals surface area contributed by atoms with Gasteiger partial charge in [-0.25, -0.2) is 0 Å². The van der Waals surface area contributed by atoms with Gasteiger partial charge < -0.3 is 14.2 Å². The normalized spacial score (nSPS) is 18.8. The van der Waals surface area contributed by atoms with Crippen LogP contribution in [0.4, 0.5) is 0 Å². The van der Waals surface area contributed by atoms with E-state index in [0.717, 1.165) is 45.3 Å². The zero-order valence-corrected chi connectivity index (χ0v) is 21.0. The number of carbonyl (C=O) groups excluding carboxylic acids is 1. The summed E-state index contributed by atoms with van der Waals surface area (Å²) in [7, 11) is 3.68. The van der Waals surface area contributed by atoms with Gasteiger partial charge in [0, 0.05) is 50.6 Å². The largest absolute Gasteiger partial charge is 0.492 e. The highest BCUT2D eigenvalue weighted by Gasteiger charge is 2.25. The molecule has 34 heavy (non-hydrogen) atoms. The van der Waals surface area contributed by atoms with Gasteiger partial charge in [-0.3, -0.25) is 14.5 Å². The number of nitrogens with zero attached hydrogens (tertiary/aromatic N) is 3. The first-order chi connectivity index (χ1) is 16.5. The number of carbonyl (C=O) groups is 1.